The number of rotatable bonds is 9. The monoisotopic (exact) mass is 346 g/mol. The van der Waals surface area contributed by atoms with Gasteiger partial charge in [-0.25, -0.2) is 5.43 Å². The minimum absolute atomic E-state index is 0.0541. The van der Waals surface area contributed by atoms with E-state index < -0.39 is 0 Å². The second-order valence-corrected chi connectivity index (χ2v) is 7.40. The molecule has 0 heterocycles. The van der Waals surface area contributed by atoms with Gasteiger partial charge in [0.15, 0.2) is 0 Å². The molecule has 0 saturated carbocycles. The molecule has 0 aliphatic heterocycles. The van der Waals surface area contributed by atoms with E-state index in [0.29, 0.717) is 5.56 Å². The van der Waals surface area contributed by atoms with Crippen molar-refractivity contribution in [1.82, 2.24) is 5.43 Å². The van der Waals surface area contributed by atoms with E-state index in [1.807, 2.05) is 25.1 Å². The highest BCUT2D eigenvalue weighted by Crippen LogP contribution is 2.23. The predicted molar refractivity (Wildman–Crippen MR) is 105 cm³/mol. The molecule has 1 rings (SSSR count). The second kappa shape index (κ2) is 10.2. The van der Waals surface area contributed by atoms with Gasteiger partial charge in [0.25, 0.3) is 5.91 Å². The molecule has 1 aromatic carbocycles. The van der Waals surface area contributed by atoms with Crippen LogP contribution in [0.2, 0.25) is 0 Å². The number of hydrogen-bond donors (Lipinski definition) is 1. The standard InChI is InChI=1S/C21H34N2O2/c1-7-9-10-11-15-19(21(3,4)5)22-23-20(24)17-13-12-14-18(25-6)16(17)8-2/h12-14H,7-11,15H2,1-6H3,(H,23,24). The van der Waals surface area contributed by atoms with E-state index in [1.54, 1.807) is 7.11 Å². The Morgan fingerprint density at radius 2 is 1.88 bits per heavy atom. The maximum Gasteiger partial charge on any atom is 0.271 e. The number of benzene rings is 1. The zero-order valence-electron chi connectivity index (χ0n) is 16.7. The van der Waals surface area contributed by atoms with Gasteiger partial charge in [0.2, 0.25) is 0 Å². The van der Waals surface area contributed by atoms with E-state index in [0.717, 1.165) is 36.3 Å². The van der Waals surface area contributed by atoms with Crippen molar-refractivity contribution < 1.29 is 9.53 Å². The van der Waals surface area contributed by atoms with Gasteiger partial charge >= 0.3 is 0 Å². The summed E-state index contributed by atoms with van der Waals surface area (Å²) in [7, 11) is 1.63. The molecule has 0 bridgehead atoms. The van der Waals surface area contributed by atoms with Gasteiger partial charge in [-0.15, -0.1) is 0 Å². The highest BCUT2D eigenvalue weighted by molar-refractivity contribution is 5.98. The number of hydrazone groups is 1. The summed E-state index contributed by atoms with van der Waals surface area (Å²) >= 11 is 0. The fourth-order valence-electron chi connectivity index (χ4n) is 2.83. The quantitative estimate of drug-likeness (QED) is 0.372. The maximum absolute atomic E-state index is 12.6. The van der Waals surface area contributed by atoms with Crippen molar-refractivity contribution in [3.05, 3.63) is 29.3 Å². The van der Waals surface area contributed by atoms with Gasteiger partial charge in [0, 0.05) is 22.3 Å². The van der Waals surface area contributed by atoms with Gasteiger partial charge in [-0.2, -0.15) is 5.10 Å². The molecule has 0 radical (unpaired) electrons. The van der Waals surface area contributed by atoms with Crippen LogP contribution in [0.1, 0.15) is 82.6 Å². The number of ether oxygens (including phenoxy) is 1. The molecule has 0 unspecified atom stereocenters. The van der Waals surface area contributed by atoms with Crippen LogP contribution in [0.5, 0.6) is 5.75 Å². The van der Waals surface area contributed by atoms with Crippen molar-refractivity contribution in [2.24, 2.45) is 10.5 Å². The van der Waals surface area contributed by atoms with E-state index >= 15 is 0 Å². The molecule has 25 heavy (non-hydrogen) atoms. The Bertz CT molecular complexity index is 586. The molecule has 1 N–H and O–H groups in total. The molecule has 0 atom stereocenters. The minimum Gasteiger partial charge on any atom is -0.496 e. The Morgan fingerprint density at radius 1 is 1.16 bits per heavy atom. The third-order valence-corrected chi connectivity index (χ3v) is 4.38. The molecule has 0 aliphatic carbocycles. The number of carbonyl (C=O) groups excluding carboxylic acids is 1. The van der Waals surface area contributed by atoms with Gasteiger partial charge < -0.3 is 4.74 Å². The predicted octanol–water partition coefficient (Wildman–Crippen LogP) is 5.36. The number of unbranched alkanes of at least 4 members (excludes halogenated alkanes) is 3. The molecule has 0 spiro atoms. The molecule has 140 valence electrons. The van der Waals surface area contributed by atoms with Crippen LogP contribution in [0, 0.1) is 5.41 Å². The highest BCUT2D eigenvalue weighted by atomic mass is 16.5. The van der Waals surface area contributed by atoms with Gasteiger partial charge in [0.05, 0.1) is 7.11 Å². The lowest BCUT2D eigenvalue weighted by molar-refractivity contribution is 0.0953. The Kier molecular flexibility index (Phi) is 8.67. The van der Waals surface area contributed by atoms with Crippen molar-refractivity contribution in [1.29, 1.82) is 0 Å². The van der Waals surface area contributed by atoms with Crippen LogP contribution in [0.3, 0.4) is 0 Å². The van der Waals surface area contributed by atoms with Crippen molar-refractivity contribution in [3.8, 4) is 5.75 Å². The first kappa shape index (κ1) is 21.2. The number of carbonyl (C=O) groups is 1. The van der Waals surface area contributed by atoms with E-state index in [1.165, 1.54) is 19.3 Å². The van der Waals surface area contributed by atoms with Crippen molar-refractivity contribution in [2.45, 2.75) is 73.1 Å². The molecule has 0 fully saturated rings. The number of amides is 1. The zero-order valence-corrected chi connectivity index (χ0v) is 16.7. The number of methoxy groups -OCH3 is 1. The Balaban J connectivity index is 2.90. The van der Waals surface area contributed by atoms with Crippen molar-refractivity contribution in [2.75, 3.05) is 7.11 Å². The lowest BCUT2D eigenvalue weighted by atomic mass is 9.87. The molecule has 4 heteroatoms. The summed E-state index contributed by atoms with van der Waals surface area (Å²) in [6, 6.07) is 5.55. The van der Waals surface area contributed by atoms with E-state index in [9.17, 15) is 4.79 Å². The molecule has 0 aliphatic rings. The summed E-state index contributed by atoms with van der Waals surface area (Å²) < 4.78 is 5.37. The van der Waals surface area contributed by atoms with Crippen molar-refractivity contribution in [3.63, 3.8) is 0 Å². The van der Waals surface area contributed by atoms with Crippen LogP contribution >= 0.6 is 0 Å². The summed E-state index contributed by atoms with van der Waals surface area (Å²) in [6.07, 6.45) is 6.43. The molecule has 4 nitrogen and oxygen atoms in total. The topological polar surface area (TPSA) is 50.7 Å². The zero-order chi connectivity index (χ0) is 18.9. The lowest BCUT2D eigenvalue weighted by Crippen LogP contribution is -2.27. The van der Waals surface area contributed by atoms with E-state index in [-0.39, 0.29) is 11.3 Å². The van der Waals surface area contributed by atoms with Crippen LogP contribution < -0.4 is 10.2 Å². The van der Waals surface area contributed by atoms with E-state index in [2.05, 4.69) is 38.2 Å². The SMILES string of the molecule is CCCCCCC(=NNC(=O)c1cccc(OC)c1CC)C(C)(C)C. The Morgan fingerprint density at radius 3 is 2.44 bits per heavy atom. The molecular weight excluding hydrogens is 312 g/mol. The first-order valence-corrected chi connectivity index (χ1v) is 9.38. The summed E-state index contributed by atoms with van der Waals surface area (Å²) in [5.74, 6) is 0.570. The average Bonchev–Trinajstić information content (AvgIpc) is 2.58. The fraction of sp³-hybridized carbons (Fsp3) is 0.619. The Hall–Kier alpha value is -1.84. The minimum atomic E-state index is -0.175. The van der Waals surface area contributed by atoms with Crippen LogP contribution in [0.25, 0.3) is 0 Å². The van der Waals surface area contributed by atoms with Gasteiger partial charge in [-0.3, -0.25) is 4.79 Å². The van der Waals surface area contributed by atoms with E-state index in [4.69, 9.17) is 4.74 Å². The Labute approximate surface area is 153 Å². The summed E-state index contributed by atoms with van der Waals surface area (Å²) in [4.78, 5) is 12.6. The van der Waals surface area contributed by atoms with Gasteiger partial charge in [0.1, 0.15) is 5.75 Å². The van der Waals surface area contributed by atoms with Crippen LogP contribution in [-0.2, 0) is 6.42 Å². The summed E-state index contributed by atoms with van der Waals surface area (Å²) in [5, 5.41) is 4.48. The molecule has 1 amide bonds. The van der Waals surface area contributed by atoms with Crippen LogP contribution in [-0.4, -0.2) is 18.7 Å². The number of nitrogens with zero attached hydrogens (tertiary/aromatic N) is 1. The number of nitrogens with one attached hydrogen (secondary N) is 1. The largest absolute Gasteiger partial charge is 0.496 e. The van der Waals surface area contributed by atoms with Crippen LogP contribution in [0.15, 0.2) is 23.3 Å². The third-order valence-electron chi connectivity index (χ3n) is 4.38. The normalized spacial score (nSPS) is 12.2. The summed E-state index contributed by atoms with van der Waals surface area (Å²) in [5.41, 5.74) is 5.30. The lowest BCUT2D eigenvalue weighted by Gasteiger charge is -2.21. The van der Waals surface area contributed by atoms with Gasteiger partial charge in [-0.1, -0.05) is 59.9 Å². The molecule has 0 aromatic heterocycles. The van der Waals surface area contributed by atoms with Gasteiger partial charge in [-0.05, 0) is 31.4 Å². The smallest absolute Gasteiger partial charge is 0.271 e. The fourth-order valence-corrected chi connectivity index (χ4v) is 2.83. The highest BCUT2D eigenvalue weighted by Gasteiger charge is 2.20. The van der Waals surface area contributed by atoms with Crippen LogP contribution in [0.4, 0.5) is 0 Å². The van der Waals surface area contributed by atoms with Crippen molar-refractivity contribution >= 4 is 11.6 Å². The second-order valence-electron chi connectivity index (χ2n) is 7.40. The summed E-state index contributed by atoms with van der Waals surface area (Å²) in [6.45, 7) is 10.6. The average molecular weight is 347 g/mol. The third kappa shape index (κ3) is 6.52. The molecule has 0 saturated heterocycles. The first-order valence-electron chi connectivity index (χ1n) is 9.38. The number of hydrogen-bond acceptors (Lipinski definition) is 3. The maximum atomic E-state index is 12.6. The molecule has 1 aromatic rings. The first-order chi connectivity index (χ1) is 11.8. The molecular formula is C21H34N2O2.